The third-order valence-electron chi connectivity index (χ3n) is 4.57. The van der Waals surface area contributed by atoms with Gasteiger partial charge in [0.2, 0.25) is 0 Å². The summed E-state index contributed by atoms with van der Waals surface area (Å²) in [5.74, 6) is -0.894. The Morgan fingerprint density at radius 1 is 0.774 bits per heavy atom. The summed E-state index contributed by atoms with van der Waals surface area (Å²) in [6, 6.07) is 13.8. The number of ether oxygens (including phenoxy) is 1. The fraction of sp³-hybridized carbons (Fsp3) is 0.143. The summed E-state index contributed by atoms with van der Waals surface area (Å²) in [5.41, 5.74) is 2.21. The Morgan fingerprint density at radius 2 is 1.32 bits per heavy atom. The number of nitrogens with one attached hydrogen (secondary N) is 2. The molecule has 0 amide bonds. The van der Waals surface area contributed by atoms with Crippen molar-refractivity contribution in [2.24, 2.45) is 0 Å². The molecule has 7 nitrogen and oxygen atoms in total. The zero-order chi connectivity index (χ0) is 22.8. The fourth-order valence-electron chi connectivity index (χ4n) is 2.89. The first kappa shape index (κ1) is 22.6. The van der Waals surface area contributed by atoms with Gasteiger partial charge in [0.25, 0.3) is 20.0 Å². The lowest BCUT2D eigenvalue weighted by molar-refractivity contribution is 0.385. The second kappa shape index (κ2) is 8.56. The molecule has 3 rings (SSSR count). The van der Waals surface area contributed by atoms with Gasteiger partial charge in [-0.15, -0.1) is 0 Å². The third-order valence-corrected chi connectivity index (χ3v) is 7.31. The maximum Gasteiger partial charge on any atom is 0.262 e. The van der Waals surface area contributed by atoms with Gasteiger partial charge in [0.05, 0.1) is 22.6 Å². The molecule has 3 aromatic rings. The van der Waals surface area contributed by atoms with E-state index in [0.717, 1.165) is 29.3 Å². The van der Waals surface area contributed by atoms with E-state index in [1.54, 1.807) is 26.0 Å². The van der Waals surface area contributed by atoms with Crippen LogP contribution in [0.25, 0.3) is 0 Å². The van der Waals surface area contributed by atoms with E-state index in [0.29, 0.717) is 5.69 Å². The summed E-state index contributed by atoms with van der Waals surface area (Å²) in [6.07, 6.45) is 0. The first-order valence-electron chi connectivity index (χ1n) is 9.09. The Labute approximate surface area is 181 Å². The Morgan fingerprint density at radius 3 is 1.90 bits per heavy atom. The lowest BCUT2D eigenvalue weighted by Crippen LogP contribution is -2.15. The lowest BCUT2D eigenvalue weighted by Gasteiger charge is -2.14. The van der Waals surface area contributed by atoms with Crippen molar-refractivity contribution in [3.05, 3.63) is 77.6 Å². The summed E-state index contributed by atoms with van der Waals surface area (Å²) >= 11 is 0. The summed E-state index contributed by atoms with van der Waals surface area (Å²) < 4.78 is 73.8. The van der Waals surface area contributed by atoms with Crippen LogP contribution in [0.15, 0.2) is 70.5 Å². The quantitative estimate of drug-likeness (QED) is 0.549. The third kappa shape index (κ3) is 4.97. The Kier molecular flexibility index (Phi) is 6.23. The zero-order valence-corrected chi connectivity index (χ0v) is 18.6. The molecule has 0 heterocycles. The molecule has 0 aliphatic carbocycles. The topological polar surface area (TPSA) is 102 Å². The standard InChI is InChI=1S/C21H21FN2O5S2/c1-14-5-4-6-15(2)21(14)24-30(25,26)17-9-7-16(8-10-17)23-31(27,28)18-11-12-19(22)20(13-18)29-3/h4-13,23-24H,1-3H3. The van der Waals surface area contributed by atoms with Crippen molar-refractivity contribution in [2.75, 3.05) is 16.6 Å². The van der Waals surface area contributed by atoms with Crippen LogP contribution in [-0.4, -0.2) is 23.9 Å². The minimum atomic E-state index is -4.03. The number of hydrogen-bond donors (Lipinski definition) is 2. The highest BCUT2D eigenvalue weighted by molar-refractivity contribution is 7.93. The number of methoxy groups -OCH3 is 1. The summed E-state index contributed by atoms with van der Waals surface area (Å²) in [6.45, 7) is 3.60. The Bertz CT molecular complexity index is 1300. The number of halogens is 1. The van der Waals surface area contributed by atoms with Crippen LogP contribution in [-0.2, 0) is 20.0 Å². The molecule has 0 aliphatic rings. The molecule has 164 valence electrons. The van der Waals surface area contributed by atoms with Gasteiger partial charge in [0, 0.05) is 11.8 Å². The van der Waals surface area contributed by atoms with Crippen molar-refractivity contribution in [1.82, 2.24) is 0 Å². The molecule has 0 radical (unpaired) electrons. The van der Waals surface area contributed by atoms with Gasteiger partial charge in [0.1, 0.15) is 0 Å². The number of benzene rings is 3. The van der Waals surface area contributed by atoms with Crippen molar-refractivity contribution in [2.45, 2.75) is 23.6 Å². The van der Waals surface area contributed by atoms with E-state index < -0.39 is 25.9 Å². The smallest absolute Gasteiger partial charge is 0.262 e. The molecule has 0 saturated carbocycles. The number of rotatable bonds is 7. The van der Waals surface area contributed by atoms with Crippen molar-refractivity contribution in [1.29, 1.82) is 0 Å². The largest absolute Gasteiger partial charge is 0.494 e. The number of sulfonamides is 2. The molecule has 0 fully saturated rings. The highest BCUT2D eigenvalue weighted by Gasteiger charge is 2.19. The number of para-hydroxylation sites is 1. The highest BCUT2D eigenvalue weighted by Crippen LogP contribution is 2.26. The maximum atomic E-state index is 13.5. The van der Waals surface area contributed by atoms with Crippen LogP contribution in [0.1, 0.15) is 11.1 Å². The predicted molar refractivity (Wildman–Crippen MR) is 117 cm³/mol. The van der Waals surface area contributed by atoms with Gasteiger partial charge in [-0.2, -0.15) is 0 Å². The van der Waals surface area contributed by atoms with Gasteiger partial charge in [-0.25, -0.2) is 21.2 Å². The van der Waals surface area contributed by atoms with Crippen LogP contribution in [0, 0.1) is 19.7 Å². The molecule has 0 spiro atoms. The highest BCUT2D eigenvalue weighted by atomic mass is 32.2. The Hall–Kier alpha value is -3.11. The van der Waals surface area contributed by atoms with Crippen LogP contribution in [0.4, 0.5) is 15.8 Å². The summed E-state index contributed by atoms with van der Waals surface area (Å²) in [5, 5.41) is 0. The molecule has 0 unspecified atom stereocenters. The molecular weight excluding hydrogens is 443 g/mol. The Balaban J connectivity index is 1.83. The second-order valence-electron chi connectivity index (χ2n) is 6.80. The molecule has 3 aromatic carbocycles. The molecule has 0 aliphatic heterocycles. The van der Waals surface area contributed by atoms with Crippen LogP contribution in [0.2, 0.25) is 0 Å². The minimum Gasteiger partial charge on any atom is -0.494 e. The van der Waals surface area contributed by atoms with Gasteiger partial charge < -0.3 is 4.74 Å². The van der Waals surface area contributed by atoms with Gasteiger partial charge in [-0.05, 0) is 61.4 Å². The fourth-order valence-corrected chi connectivity index (χ4v) is 5.17. The van der Waals surface area contributed by atoms with Gasteiger partial charge in [0.15, 0.2) is 11.6 Å². The van der Waals surface area contributed by atoms with E-state index in [9.17, 15) is 21.2 Å². The lowest BCUT2D eigenvalue weighted by atomic mass is 10.1. The SMILES string of the molecule is COc1cc(S(=O)(=O)Nc2ccc(S(=O)(=O)Nc3c(C)cccc3C)cc2)ccc1F. The second-order valence-corrected chi connectivity index (χ2v) is 10.2. The van der Waals surface area contributed by atoms with E-state index in [-0.39, 0.29) is 21.2 Å². The van der Waals surface area contributed by atoms with Gasteiger partial charge >= 0.3 is 0 Å². The van der Waals surface area contributed by atoms with Crippen LogP contribution < -0.4 is 14.2 Å². The van der Waals surface area contributed by atoms with Crippen LogP contribution >= 0.6 is 0 Å². The molecule has 31 heavy (non-hydrogen) atoms. The normalized spacial score (nSPS) is 11.7. The van der Waals surface area contributed by atoms with E-state index >= 15 is 0 Å². The van der Waals surface area contributed by atoms with Crippen LogP contribution in [0.3, 0.4) is 0 Å². The van der Waals surface area contributed by atoms with E-state index in [1.165, 1.54) is 31.4 Å². The minimum absolute atomic E-state index is 0.0263. The molecule has 2 N–H and O–H groups in total. The average Bonchev–Trinajstić information content (AvgIpc) is 2.71. The van der Waals surface area contributed by atoms with E-state index in [1.807, 2.05) is 6.07 Å². The molecule has 0 bridgehead atoms. The van der Waals surface area contributed by atoms with Crippen molar-refractivity contribution in [3.63, 3.8) is 0 Å². The number of hydrogen-bond acceptors (Lipinski definition) is 5. The maximum absolute atomic E-state index is 13.5. The summed E-state index contributed by atoms with van der Waals surface area (Å²) in [7, 11) is -6.67. The van der Waals surface area contributed by atoms with Gasteiger partial charge in [-0.1, -0.05) is 18.2 Å². The van der Waals surface area contributed by atoms with E-state index in [2.05, 4.69) is 9.44 Å². The molecular formula is C21H21FN2O5S2. The average molecular weight is 465 g/mol. The number of anilines is 2. The molecule has 0 saturated heterocycles. The van der Waals surface area contributed by atoms with Crippen LogP contribution in [0.5, 0.6) is 5.75 Å². The molecule has 10 heteroatoms. The monoisotopic (exact) mass is 464 g/mol. The molecule has 0 atom stereocenters. The molecule has 0 aromatic heterocycles. The predicted octanol–water partition coefficient (Wildman–Crippen LogP) is 4.05. The van der Waals surface area contributed by atoms with Crippen molar-refractivity contribution >= 4 is 31.4 Å². The number of aryl methyl sites for hydroxylation is 2. The summed E-state index contributed by atoms with van der Waals surface area (Å²) in [4.78, 5) is -0.222. The van der Waals surface area contributed by atoms with Crippen molar-refractivity contribution < 1.29 is 26.0 Å². The van der Waals surface area contributed by atoms with Gasteiger partial charge in [-0.3, -0.25) is 9.44 Å². The first-order valence-corrected chi connectivity index (χ1v) is 12.1. The van der Waals surface area contributed by atoms with E-state index in [4.69, 9.17) is 4.74 Å². The van der Waals surface area contributed by atoms with Crippen molar-refractivity contribution in [3.8, 4) is 5.75 Å². The zero-order valence-electron chi connectivity index (χ0n) is 17.0. The first-order chi connectivity index (χ1) is 14.5.